The summed E-state index contributed by atoms with van der Waals surface area (Å²) in [5, 5.41) is 7.94. The maximum atomic E-state index is 10.3. The van der Waals surface area contributed by atoms with Gasteiger partial charge in [0.1, 0.15) is 0 Å². The van der Waals surface area contributed by atoms with E-state index in [-0.39, 0.29) is 17.9 Å². The highest BCUT2D eigenvalue weighted by Crippen LogP contribution is 1.92. The van der Waals surface area contributed by atoms with E-state index in [9.17, 15) is 18.0 Å². The molecule has 0 fully saturated rings. The van der Waals surface area contributed by atoms with Gasteiger partial charge in [-0.2, -0.15) is 8.42 Å². The largest absolute Gasteiger partial charge is 0.378 e. The molecule has 0 aliphatic carbocycles. The summed E-state index contributed by atoms with van der Waals surface area (Å²) in [6, 6.07) is 0. The molecule has 8 heteroatoms. The quantitative estimate of drug-likeness (QED) is 0.384. The molecular formula is C3H5NO6S. The summed E-state index contributed by atoms with van der Waals surface area (Å²) < 4.78 is 24.3. The minimum absolute atomic E-state index is 0.119. The summed E-state index contributed by atoms with van der Waals surface area (Å²) in [6.07, 6.45) is -0.305. The number of hydrogen-bond donors (Lipinski definition) is 1. The SMILES string of the molecule is O=CN(C=O)OS(=O)(=O)CO. The lowest BCUT2D eigenvalue weighted by Crippen LogP contribution is -2.26. The molecule has 11 heavy (non-hydrogen) atoms. The fraction of sp³-hybridized carbons (Fsp3) is 0.333. The molecule has 0 saturated carbocycles. The summed E-state index contributed by atoms with van der Waals surface area (Å²) in [5.41, 5.74) is 0. The van der Waals surface area contributed by atoms with Crippen LogP contribution in [0.5, 0.6) is 0 Å². The van der Waals surface area contributed by atoms with E-state index in [4.69, 9.17) is 5.11 Å². The standard InChI is InChI=1S/C3H5NO6S/c5-1-4(2-6)10-11(8,9)3-7/h1-2,7H,3H2. The zero-order valence-corrected chi connectivity index (χ0v) is 6.02. The second kappa shape index (κ2) is 4.01. The summed E-state index contributed by atoms with van der Waals surface area (Å²) in [6.45, 7) is 0. The van der Waals surface area contributed by atoms with Gasteiger partial charge in [-0.05, 0) is 0 Å². The highest BCUT2D eigenvalue weighted by molar-refractivity contribution is 7.86. The van der Waals surface area contributed by atoms with Gasteiger partial charge in [0.25, 0.3) is 0 Å². The average molecular weight is 183 g/mol. The maximum Gasteiger partial charge on any atom is 0.312 e. The number of carbonyl (C=O) groups is 2. The van der Waals surface area contributed by atoms with Gasteiger partial charge in [-0.25, -0.2) is 0 Å². The molecule has 0 saturated heterocycles. The van der Waals surface area contributed by atoms with Crippen LogP contribution in [0.15, 0.2) is 0 Å². The van der Waals surface area contributed by atoms with Crippen LogP contribution in [-0.4, -0.2) is 37.3 Å². The van der Waals surface area contributed by atoms with Crippen LogP contribution in [0.1, 0.15) is 0 Å². The van der Waals surface area contributed by atoms with Crippen molar-refractivity contribution in [2.75, 3.05) is 5.94 Å². The second-order valence-electron chi connectivity index (χ2n) is 1.33. The van der Waals surface area contributed by atoms with Gasteiger partial charge in [0.2, 0.25) is 12.8 Å². The number of hydrogen-bond acceptors (Lipinski definition) is 6. The first-order valence-corrected chi connectivity index (χ1v) is 3.85. The van der Waals surface area contributed by atoms with Gasteiger partial charge < -0.3 is 5.11 Å². The molecule has 0 heterocycles. The van der Waals surface area contributed by atoms with Crippen LogP contribution in [0, 0.1) is 0 Å². The molecule has 0 spiro atoms. The third-order valence-corrected chi connectivity index (χ3v) is 1.28. The number of rotatable bonds is 5. The van der Waals surface area contributed by atoms with E-state index in [1.807, 2.05) is 0 Å². The van der Waals surface area contributed by atoms with E-state index in [0.29, 0.717) is 0 Å². The Balaban J connectivity index is 4.23. The molecule has 0 radical (unpaired) electrons. The Bertz CT molecular complexity index is 224. The fourth-order valence-corrected chi connectivity index (χ4v) is 0.594. The zero-order valence-electron chi connectivity index (χ0n) is 5.21. The fourth-order valence-electron chi connectivity index (χ4n) is 0.215. The predicted octanol–water partition coefficient (Wildman–Crippen LogP) is -2.19. The number of hydroxylamine groups is 2. The summed E-state index contributed by atoms with van der Waals surface area (Å²) in [4.78, 5) is 19.5. The van der Waals surface area contributed by atoms with Crippen molar-refractivity contribution in [1.29, 1.82) is 0 Å². The van der Waals surface area contributed by atoms with Crippen molar-refractivity contribution in [1.82, 2.24) is 5.06 Å². The molecule has 0 aromatic carbocycles. The average Bonchev–Trinajstić information content (AvgIpc) is 2.00. The molecule has 0 unspecified atom stereocenters. The van der Waals surface area contributed by atoms with Gasteiger partial charge in [0.05, 0.1) is 0 Å². The lowest BCUT2D eigenvalue weighted by atomic mass is 11.2. The van der Waals surface area contributed by atoms with E-state index >= 15 is 0 Å². The van der Waals surface area contributed by atoms with Crippen LogP contribution in [0.4, 0.5) is 0 Å². The zero-order chi connectivity index (χ0) is 8.91. The van der Waals surface area contributed by atoms with Gasteiger partial charge in [-0.15, -0.1) is 9.35 Å². The van der Waals surface area contributed by atoms with E-state index in [1.54, 1.807) is 0 Å². The number of aliphatic hydroxyl groups is 1. The molecule has 0 aromatic rings. The Morgan fingerprint density at radius 2 is 1.82 bits per heavy atom. The summed E-state index contributed by atoms with van der Waals surface area (Å²) in [7, 11) is -4.22. The first-order chi connectivity index (χ1) is 5.05. The van der Waals surface area contributed by atoms with Gasteiger partial charge >= 0.3 is 10.1 Å². The Kier molecular flexibility index (Phi) is 3.65. The van der Waals surface area contributed by atoms with Crippen molar-refractivity contribution in [3.63, 3.8) is 0 Å². The Morgan fingerprint density at radius 1 is 1.36 bits per heavy atom. The number of amides is 2. The molecule has 0 atom stereocenters. The number of imide groups is 1. The van der Waals surface area contributed by atoms with Gasteiger partial charge in [-0.1, -0.05) is 0 Å². The molecule has 0 aliphatic heterocycles. The molecular weight excluding hydrogens is 178 g/mol. The molecule has 2 amide bonds. The van der Waals surface area contributed by atoms with Crippen molar-refractivity contribution >= 4 is 22.9 Å². The summed E-state index contributed by atoms with van der Waals surface area (Å²) >= 11 is 0. The van der Waals surface area contributed by atoms with Crippen LogP contribution in [-0.2, 0) is 24.0 Å². The van der Waals surface area contributed by atoms with E-state index in [2.05, 4.69) is 4.28 Å². The van der Waals surface area contributed by atoms with Gasteiger partial charge in [0.15, 0.2) is 5.94 Å². The van der Waals surface area contributed by atoms with E-state index in [1.165, 1.54) is 0 Å². The predicted molar refractivity (Wildman–Crippen MR) is 31.1 cm³/mol. The highest BCUT2D eigenvalue weighted by atomic mass is 32.2. The van der Waals surface area contributed by atoms with Crippen molar-refractivity contribution in [2.45, 2.75) is 0 Å². The molecule has 0 rings (SSSR count). The van der Waals surface area contributed by atoms with Crippen LogP contribution >= 0.6 is 0 Å². The third-order valence-electron chi connectivity index (χ3n) is 0.566. The van der Waals surface area contributed by atoms with Crippen molar-refractivity contribution in [3.8, 4) is 0 Å². The van der Waals surface area contributed by atoms with Crippen molar-refractivity contribution in [2.24, 2.45) is 0 Å². The number of carbonyl (C=O) groups excluding carboxylic acids is 2. The molecule has 1 N–H and O–H groups in total. The summed E-state index contributed by atoms with van der Waals surface area (Å²) in [5.74, 6) is -1.30. The van der Waals surface area contributed by atoms with Crippen LogP contribution in [0.2, 0.25) is 0 Å². The molecule has 7 nitrogen and oxygen atoms in total. The maximum absolute atomic E-state index is 10.3. The topological polar surface area (TPSA) is 101 Å². The highest BCUT2D eigenvalue weighted by Gasteiger charge is 2.13. The molecule has 0 aromatic heterocycles. The monoisotopic (exact) mass is 183 g/mol. The molecule has 0 bridgehead atoms. The minimum Gasteiger partial charge on any atom is -0.378 e. The smallest absolute Gasteiger partial charge is 0.312 e. The van der Waals surface area contributed by atoms with E-state index in [0.717, 1.165) is 0 Å². The molecule has 0 aliphatic rings. The van der Waals surface area contributed by atoms with Gasteiger partial charge in [-0.3, -0.25) is 9.59 Å². The van der Waals surface area contributed by atoms with E-state index < -0.39 is 16.1 Å². The normalized spacial score (nSPS) is 10.6. The number of nitrogens with zero attached hydrogens (tertiary/aromatic N) is 1. The lowest BCUT2D eigenvalue weighted by molar-refractivity contribution is -0.152. The first-order valence-electron chi connectivity index (χ1n) is 2.28. The Hall–Kier alpha value is -0.990. The minimum atomic E-state index is -4.22. The Morgan fingerprint density at radius 3 is 2.09 bits per heavy atom. The van der Waals surface area contributed by atoms with Crippen LogP contribution in [0.3, 0.4) is 0 Å². The van der Waals surface area contributed by atoms with Crippen molar-refractivity contribution < 1.29 is 27.4 Å². The first kappa shape index (κ1) is 10.0. The number of aliphatic hydroxyl groups excluding tert-OH is 1. The van der Waals surface area contributed by atoms with Crippen LogP contribution in [0.25, 0.3) is 0 Å². The van der Waals surface area contributed by atoms with Crippen LogP contribution < -0.4 is 0 Å². The Labute approximate surface area is 62.2 Å². The second-order valence-corrected chi connectivity index (χ2v) is 2.85. The molecule has 64 valence electrons. The third kappa shape index (κ3) is 3.65. The lowest BCUT2D eigenvalue weighted by Gasteiger charge is -2.05. The van der Waals surface area contributed by atoms with Gasteiger partial charge in [0, 0.05) is 0 Å². The van der Waals surface area contributed by atoms with Crippen molar-refractivity contribution in [3.05, 3.63) is 0 Å².